The summed E-state index contributed by atoms with van der Waals surface area (Å²) in [6.07, 6.45) is 3.08. The second-order valence-corrected chi connectivity index (χ2v) is 5.31. The molecule has 3 unspecified atom stereocenters. The quantitative estimate of drug-likeness (QED) is 0.726. The molecule has 1 heterocycles. The molecule has 1 fully saturated rings. The third kappa shape index (κ3) is 2.32. The van der Waals surface area contributed by atoms with Gasteiger partial charge in [0.2, 0.25) is 5.78 Å². The fourth-order valence-corrected chi connectivity index (χ4v) is 2.58. The van der Waals surface area contributed by atoms with Crippen molar-refractivity contribution in [2.45, 2.75) is 33.1 Å². The second kappa shape index (κ2) is 4.62. The van der Waals surface area contributed by atoms with Crippen molar-refractivity contribution in [1.29, 1.82) is 0 Å². The molecule has 0 aromatic carbocycles. The molecule has 0 aliphatic heterocycles. The van der Waals surface area contributed by atoms with Gasteiger partial charge in [-0.3, -0.25) is 4.79 Å². The van der Waals surface area contributed by atoms with Gasteiger partial charge in [-0.25, -0.2) is 0 Å². The molecular weight excluding hydrogens is 224 g/mol. The van der Waals surface area contributed by atoms with E-state index in [0.29, 0.717) is 16.9 Å². The smallest absolute Gasteiger partial charge is 0.201 e. The normalized spacial score (nSPS) is 30.3. The predicted molar refractivity (Wildman–Crippen MR) is 63.7 cm³/mol. The van der Waals surface area contributed by atoms with E-state index in [1.165, 1.54) is 0 Å². The Kier molecular flexibility index (Phi) is 3.38. The predicted octanol–water partition coefficient (Wildman–Crippen LogP) is 4.19. The van der Waals surface area contributed by atoms with Crippen molar-refractivity contribution in [1.82, 2.24) is 0 Å². The van der Waals surface area contributed by atoms with Crippen LogP contribution in [-0.2, 0) is 0 Å². The van der Waals surface area contributed by atoms with Gasteiger partial charge in [-0.1, -0.05) is 13.8 Å². The summed E-state index contributed by atoms with van der Waals surface area (Å²) in [5.41, 5.74) is 0. The third-order valence-corrected chi connectivity index (χ3v) is 3.99. The van der Waals surface area contributed by atoms with Crippen LogP contribution >= 0.6 is 11.6 Å². The first-order valence-corrected chi connectivity index (χ1v) is 6.25. The zero-order chi connectivity index (χ0) is 11.7. The van der Waals surface area contributed by atoms with Crippen LogP contribution in [0.3, 0.4) is 0 Å². The van der Waals surface area contributed by atoms with Gasteiger partial charge in [-0.15, -0.1) is 0 Å². The van der Waals surface area contributed by atoms with E-state index < -0.39 is 0 Å². The second-order valence-electron chi connectivity index (χ2n) is 4.93. The Morgan fingerprint density at radius 2 is 2.06 bits per heavy atom. The molecule has 1 aliphatic carbocycles. The highest BCUT2D eigenvalue weighted by atomic mass is 35.5. The highest BCUT2D eigenvalue weighted by Crippen LogP contribution is 2.35. The van der Waals surface area contributed by atoms with E-state index in [-0.39, 0.29) is 11.7 Å². The van der Waals surface area contributed by atoms with Gasteiger partial charge in [0.1, 0.15) is 0 Å². The summed E-state index contributed by atoms with van der Waals surface area (Å²) in [5, 5.41) is 0.292. The lowest BCUT2D eigenvalue weighted by Crippen LogP contribution is -2.26. The van der Waals surface area contributed by atoms with E-state index in [0.717, 1.165) is 25.2 Å². The molecule has 0 spiro atoms. The molecule has 1 aliphatic rings. The van der Waals surface area contributed by atoms with Crippen LogP contribution in [0.4, 0.5) is 0 Å². The minimum atomic E-state index is 0.116. The summed E-state index contributed by atoms with van der Waals surface area (Å²) in [4.78, 5) is 12.1. The number of carbonyl (C=O) groups is 1. The molecule has 1 aromatic rings. The van der Waals surface area contributed by atoms with Gasteiger partial charge in [-0.2, -0.15) is 0 Å². The molecule has 0 amide bonds. The maximum atomic E-state index is 12.1. The molecule has 0 saturated heterocycles. The van der Waals surface area contributed by atoms with E-state index in [1.54, 1.807) is 12.1 Å². The number of halogens is 1. The van der Waals surface area contributed by atoms with Gasteiger partial charge < -0.3 is 4.42 Å². The maximum Gasteiger partial charge on any atom is 0.201 e. The van der Waals surface area contributed by atoms with Gasteiger partial charge in [0, 0.05) is 5.92 Å². The summed E-state index contributed by atoms with van der Waals surface area (Å²) in [6, 6.07) is 3.30. The molecule has 3 atom stereocenters. The number of hydrogen-bond acceptors (Lipinski definition) is 2. The number of carbonyl (C=O) groups excluding carboxylic acids is 1. The first-order chi connectivity index (χ1) is 7.58. The largest absolute Gasteiger partial charge is 0.442 e. The van der Waals surface area contributed by atoms with E-state index >= 15 is 0 Å². The first kappa shape index (κ1) is 11.7. The molecule has 0 bridgehead atoms. The number of hydrogen-bond donors (Lipinski definition) is 0. The molecular formula is C13H17ClO2. The summed E-state index contributed by atoms with van der Waals surface area (Å²) in [6.45, 7) is 4.48. The summed E-state index contributed by atoms with van der Waals surface area (Å²) >= 11 is 5.68. The van der Waals surface area contributed by atoms with Crippen molar-refractivity contribution in [2.75, 3.05) is 0 Å². The molecule has 88 valence electrons. The molecule has 1 aromatic heterocycles. The van der Waals surface area contributed by atoms with Gasteiger partial charge in [0.25, 0.3) is 0 Å². The van der Waals surface area contributed by atoms with Crippen molar-refractivity contribution in [3.05, 3.63) is 23.1 Å². The first-order valence-electron chi connectivity index (χ1n) is 5.87. The lowest BCUT2D eigenvalue weighted by Gasteiger charge is -2.30. The lowest BCUT2D eigenvalue weighted by molar-refractivity contribution is 0.0809. The van der Waals surface area contributed by atoms with Crippen LogP contribution in [0, 0.1) is 17.8 Å². The molecule has 1 saturated carbocycles. The van der Waals surface area contributed by atoms with Crippen LogP contribution in [0.15, 0.2) is 16.5 Å². The number of furan rings is 1. The SMILES string of the molecule is CC1CCC(C(=O)c2ccc(Cl)o2)CC1C. The zero-order valence-electron chi connectivity index (χ0n) is 9.70. The fourth-order valence-electron chi connectivity index (χ4n) is 2.43. The van der Waals surface area contributed by atoms with Crippen LogP contribution < -0.4 is 0 Å². The minimum Gasteiger partial charge on any atom is -0.442 e. The number of ketones is 1. The van der Waals surface area contributed by atoms with Crippen LogP contribution in [0.25, 0.3) is 0 Å². The standard InChI is InChI=1S/C13H17ClO2/c1-8-3-4-10(7-9(8)2)13(15)11-5-6-12(14)16-11/h5-6,8-10H,3-4,7H2,1-2H3. The Balaban J connectivity index is 2.06. The van der Waals surface area contributed by atoms with Crippen molar-refractivity contribution < 1.29 is 9.21 Å². The van der Waals surface area contributed by atoms with E-state index in [4.69, 9.17) is 16.0 Å². The molecule has 3 heteroatoms. The van der Waals surface area contributed by atoms with E-state index in [2.05, 4.69) is 13.8 Å². The molecule has 0 N–H and O–H groups in total. The van der Waals surface area contributed by atoms with Crippen molar-refractivity contribution in [2.24, 2.45) is 17.8 Å². The van der Waals surface area contributed by atoms with Gasteiger partial charge in [0.15, 0.2) is 11.0 Å². The maximum absolute atomic E-state index is 12.1. The van der Waals surface area contributed by atoms with Gasteiger partial charge in [0.05, 0.1) is 0 Å². The van der Waals surface area contributed by atoms with Crippen LogP contribution in [0.1, 0.15) is 43.7 Å². The Morgan fingerprint density at radius 3 is 2.62 bits per heavy atom. The van der Waals surface area contributed by atoms with Gasteiger partial charge >= 0.3 is 0 Å². The Labute approximate surface area is 101 Å². The van der Waals surface area contributed by atoms with E-state index in [9.17, 15) is 4.79 Å². The van der Waals surface area contributed by atoms with Crippen molar-refractivity contribution >= 4 is 17.4 Å². The van der Waals surface area contributed by atoms with Crippen LogP contribution in [0.5, 0.6) is 0 Å². The minimum absolute atomic E-state index is 0.116. The monoisotopic (exact) mass is 240 g/mol. The van der Waals surface area contributed by atoms with Crippen LogP contribution in [0.2, 0.25) is 5.22 Å². The Hall–Kier alpha value is -0.760. The highest BCUT2D eigenvalue weighted by Gasteiger charge is 2.30. The van der Waals surface area contributed by atoms with Crippen LogP contribution in [-0.4, -0.2) is 5.78 Å². The third-order valence-electron chi connectivity index (χ3n) is 3.79. The number of rotatable bonds is 2. The molecule has 2 nitrogen and oxygen atoms in total. The Bertz CT molecular complexity index is 383. The fraction of sp³-hybridized carbons (Fsp3) is 0.615. The number of Topliss-reactive ketones (excluding diaryl/α,β-unsaturated/α-hetero) is 1. The Morgan fingerprint density at radius 1 is 1.31 bits per heavy atom. The summed E-state index contributed by atoms with van der Waals surface area (Å²) in [7, 11) is 0. The van der Waals surface area contributed by atoms with Crippen molar-refractivity contribution in [3.63, 3.8) is 0 Å². The summed E-state index contributed by atoms with van der Waals surface area (Å²) in [5.74, 6) is 1.99. The topological polar surface area (TPSA) is 30.2 Å². The average Bonchev–Trinajstić information content (AvgIpc) is 2.68. The highest BCUT2D eigenvalue weighted by molar-refractivity contribution is 6.29. The van der Waals surface area contributed by atoms with Gasteiger partial charge in [-0.05, 0) is 54.8 Å². The molecule has 2 rings (SSSR count). The average molecular weight is 241 g/mol. The lowest BCUT2D eigenvalue weighted by atomic mass is 9.74. The van der Waals surface area contributed by atoms with Crippen molar-refractivity contribution in [3.8, 4) is 0 Å². The summed E-state index contributed by atoms with van der Waals surface area (Å²) < 4.78 is 5.18. The zero-order valence-corrected chi connectivity index (χ0v) is 10.5. The molecule has 0 radical (unpaired) electrons. The van der Waals surface area contributed by atoms with E-state index in [1.807, 2.05) is 0 Å². The molecule has 16 heavy (non-hydrogen) atoms.